The van der Waals surface area contributed by atoms with E-state index in [1.807, 2.05) is 6.07 Å². The van der Waals surface area contributed by atoms with Crippen molar-refractivity contribution in [2.24, 2.45) is 0 Å². The molecule has 0 unspecified atom stereocenters. The number of halogens is 2. The molecule has 0 saturated carbocycles. The fraction of sp³-hybridized carbons (Fsp3) is 0. The first-order chi connectivity index (χ1) is 13.9. The highest BCUT2D eigenvalue weighted by Gasteiger charge is 2.11. The van der Waals surface area contributed by atoms with Crippen LogP contribution < -0.4 is 16.0 Å². The van der Waals surface area contributed by atoms with Gasteiger partial charge in [-0.3, -0.25) is 14.9 Å². The molecule has 3 aromatic rings. The molecule has 3 rings (SSSR count). The number of thiocarbonyl (C=S) groups is 1. The van der Waals surface area contributed by atoms with Gasteiger partial charge < -0.3 is 10.6 Å². The highest BCUT2D eigenvalue weighted by molar-refractivity contribution is 9.10. The molecular weight excluding hydrogens is 474 g/mol. The molecule has 0 radical (unpaired) electrons. The van der Waals surface area contributed by atoms with Crippen molar-refractivity contribution in [1.82, 2.24) is 5.32 Å². The van der Waals surface area contributed by atoms with E-state index in [-0.39, 0.29) is 16.9 Å². The van der Waals surface area contributed by atoms with Gasteiger partial charge in [0.1, 0.15) is 0 Å². The van der Waals surface area contributed by atoms with Crippen molar-refractivity contribution in [1.29, 1.82) is 0 Å². The normalized spacial score (nSPS) is 10.1. The number of carbonyl (C=O) groups is 2. The van der Waals surface area contributed by atoms with Crippen LogP contribution >= 0.6 is 39.7 Å². The van der Waals surface area contributed by atoms with Crippen molar-refractivity contribution >= 4 is 68.1 Å². The summed E-state index contributed by atoms with van der Waals surface area (Å²) in [6.45, 7) is 0. The van der Waals surface area contributed by atoms with Gasteiger partial charge in [0.25, 0.3) is 11.8 Å². The van der Waals surface area contributed by atoms with E-state index in [2.05, 4.69) is 31.9 Å². The van der Waals surface area contributed by atoms with Crippen LogP contribution in [-0.2, 0) is 0 Å². The third-order valence-electron chi connectivity index (χ3n) is 3.83. The SMILES string of the molecule is O=C(Nc1ccc(NC(=S)NC(=O)c2ccccc2Br)cc1)c1cccc(Cl)c1. The molecule has 0 aliphatic heterocycles. The Balaban J connectivity index is 1.57. The summed E-state index contributed by atoms with van der Waals surface area (Å²) in [7, 11) is 0. The zero-order valence-corrected chi connectivity index (χ0v) is 18.1. The lowest BCUT2D eigenvalue weighted by molar-refractivity contribution is 0.0975. The molecular formula is C21H15BrClN3O2S. The molecule has 0 aliphatic rings. The predicted molar refractivity (Wildman–Crippen MR) is 124 cm³/mol. The summed E-state index contributed by atoms with van der Waals surface area (Å²) < 4.78 is 0.681. The Morgan fingerprint density at radius 2 is 1.48 bits per heavy atom. The second-order valence-corrected chi connectivity index (χ2v) is 7.63. The van der Waals surface area contributed by atoms with E-state index < -0.39 is 0 Å². The second-order valence-electron chi connectivity index (χ2n) is 5.93. The number of rotatable bonds is 4. The van der Waals surface area contributed by atoms with E-state index in [1.165, 1.54) is 0 Å². The fourth-order valence-corrected chi connectivity index (χ4v) is 3.31. The third-order valence-corrected chi connectivity index (χ3v) is 4.96. The molecule has 0 atom stereocenters. The largest absolute Gasteiger partial charge is 0.332 e. The summed E-state index contributed by atoms with van der Waals surface area (Å²) in [5.74, 6) is -0.579. The standard InChI is InChI=1S/C21H15BrClN3O2S/c22-18-7-2-1-6-17(18)20(28)26-21(29)25-16-10-8-15(9-11-16)24-19(27)13-4-3-5-14(23)12-13/h1-12H,(H,24,27)(H2,25,26,28,29). The number of carbonyl (C=O) groups excluding carboxylic acids is 2. The van der Waals surface area contributed by atoms with Gasteiger partial charge in [0.15, 0.2) is 5.11 Å². The first-order valence-electron chi connectivity index (χ1n) is 8.46. The van der Waals surface area contributed by atoms with Crippen LogP contribution in [0.25, 0.3) is 0 Å². The molecule has 3 aromatic carbocycles. The van der Waals surface area contributed by atoms with E-state index in [0.717, 1.165) is 0 Å². The molecule has 0 aliphatic carbocycles. The van der Waals surface area contributed by atoms with Gasteiger partial charge in [0.05, 0.1) is 5.56 Å². The first kappa shape index (κ1) is 21.0. The van der Waals surface area contributed by atoms with E-state index in [1.54, 1.807) is 66.7 Å². The van der Waals surface area contributed by atoms with E-state index in [0.29, 0.717) is 32.0 Å². The van der Waals surface area contributed by atoms with Gasteiger partial charge in [0.2, 0.25) is 0 Å². The third kappa shape index (κ3) is 5.87. The maximum Gasteiger partial charge on any atom is 0.258 e. The second kappa shape index (κ2) is 9.65. The molecule has 0 aromatic heterocycles. The maximum absolute atomic E-state index is 12.3. The summed E-state index contributed by atoms with van der Waals surface area (Å²) in [6.07, 6.45) is 0. The topological polar surface area (TPSA) is 70.2 Å². The Kier molecular flexibility index (Phi) is 6.98. The summed E-state index contributed by atoms with van der Waals surface area (Å²) in [5.41, 5.74) is 2.23. The van der Waals surface area contributed by atoms with Crippen LogP contribution in [0.2, 0.25) is 5.02 Å². The lowest BCUT2D eigenvalue weighted by Gasteiger charge is -2.11. The lowest BCUT2D eigenvalue weighted by atomic mass is 10.2. The minimum atomic E-state index is -0.319. The van der Waals surface area contributed by atoms with Gasteiger partial charge in [0, 0.05) is 26.4 Å². The number of amides is 2. The van der Waals surface area contributed by atoms with Gasteiger partial charge >= 0.3 is 0 Å². The Morgan fingerprint density at radius 1 is 0.828 bits per heavy atom. The van der Waals surface area contributed by atoms with Crippen LogP contribution in [0, 0.1) is 0 Å². The Bertz CT molecular complexity index is 1070. The molecule has 29 heavy (non-hydrogen) atoms. The molecule has 146 valence electrons. The van der Waals surface area contributed by atoms with Crippen LogP contribution in [0.5, 0.6) is 0 Å². The molecule has 0 fully saturated rings. The van der Waals surface area contributed by atoms with Crippen molar-refractivity contribution in [3.8, 4) is 0 Å². The summed E-state index contributed by atoms with van der Waals surface area (Å²) >= 11 is 14.4. The molecule has 0 saturated heterocycles. The molecule has 5 nitrogen and oxygen atoms in total. The van der Waals surface area contributed by atoms with Crippen molar-refractivity contribution in [2.75, 3.05) is 10.6 Å². The monoisotopic (exact) mass is 487 g/mol. The van der Waals surface area contributed by atoms with Gasteiger partial charge in [-0.05, 0) is 82.7 Å². The van der Waals surface area contributed by atoms with E-state index in [9.17, 15) is 9.59 Å². The van der Waals surface area contributed by atoms with Gasteiger partial charge in [-0.2, -0.15) is 0 Å². The molecule has 0 spiro atoms. The maximum atomic E-state index is 12.3. The van der Waals surface area contributed by atoms with E-state index >= 15 is 0 Å². The molecule has 8 heteroatoms. The number of hydrogen-bond acceptors (Lipinski definition) is 3. The predicted octanol–water partition coefficient (Wildman–Crippen LogP) is 5.48. The highest BCUT2D eigenvalue weighted by Crippen LogP contribution is 2.17. The quantitative estimate of drug-likeness (QED) is 0.425. The van der Waals surface area contributed by atoms with Crippen molar-refractivity contribution in [3.63, 3.8) is 0 Å². The summed E-state index contributed by atoms with van der Waals surface area (Å²) in [5, 5.41) is 9.02. The van der Waals surface area contributed by atoms with Gasteiger partial charge in [-0.15, -0.1) is 0 Å². The molecule has 0 bridgehead atoms. The zero-order valence-electron chi connectivity index (χ0n) is 14.9. The Labute approximate surface area is 186 Å². The van der Waals surface area contributed by atoms with Crippen molar-refractivity contribution in [2.45, 2.75) is 0 Å². The Hall–Kier alpha value is -2.74. The van der Waals surface area contributed by atoms with Crippen molar-refractivity contribution < 1.29 is 9.59 Å². The lowest BCUT2D eigenvalue weighted by Crippen LogP contribution is -2.34. The number of anilines is 2. The molecule has 2 amide bonds. The molecule has 0 heterocycles. The van der Waals surface area contributed by atoms with Crippen LogP contribution in [0.4, 0.5) is 11.4 Å². The zero-order chi connectivity index (χ0) is 20.8. The summed E-state index contributed by atoms with van der Waals surface area (Å²) in [4.78, 5) is 24.5. The van der Waals surface area contributed by atoms with Crippen LogP contribution in [-0.4, -0.2) is 16.9 Å². The van der Waals surface area contributed by atoms with Gasteiger partial charge in [-0.25, -0.2) is 0 Å². The van der Waals surface area contributed by atoms with Gasteiger partial charge in [-0.1, -0.05) is 29.8 Å². The first-order valence-corrected chi connectivity index (χ1v) is 10.0. The average molecular weight is 489 g/mol. The van der Waals surface area contributed by atoms with Crippen LogP contribution in [0.1, 0.15) is 20.7 Å². The summed E-state index contributed by atoms with van der Waals surface area (Å²) in [6, 6.07) is 20.7. The number of benzene rings is 3. The van der Waals surface area contributed by atoms with Crippen molar-refractivity contribution in [3.05, 3.63) is 93.4 Å². The Morgan fingerprint density at radius 3 is 2.14 bits per heavy atom. The smallest absolute Gasteiger partial charge is 0.258 e. The average Bonchev–Trinajstić information content (AvgIpc) is 2.69. The van der Waals surface area contributed by atoms with Crippen LogP contribution in [0.15, 0.2) is 77.3 Å². The fourth-order valence-electron chi connectivity index (χ4n) is 2.45. The number of hydrogen-bond donors (Lipinski definition) is 3. The highest BCUT2D eigenvalue weighted by atomic mass is 79.9. The minimum absolute atomic E-state index is 0.168. The van der Waals surface area contributed by atoms with E-state index in [4.69, 9.17) is 23.8 Å². The molecule has 3 N–H and O–H groups in total. The minimum Gasteiger partial charge on any atom is -0.332 e. The van der Waals surface area contributed by atoms with Crippen LogP contribution in [0.3, 0.4) is 0 Å². The number of nitrogens with one attached hydrogen (secondary N) is 3.